The Bertz CT molecular complexity index is 646. The molecule has 1 amide bonds. The van der Waals surface area contributed by atoms with Crippen molar-refractivity contribution in [2.75, 3.05) is 0 Å². The first-order chi connectivity index (χ1) is 9.54. The lowest BCUT2D eigenvalue weighted by molar-refractivity contribution is -0.121. The predicted octanol–water partition coefficient (Wildman–Crippen LogP) is 1.36. The summed E-state index contributed by atoms with van der Waals surface area (Å²) >= 11 is 0. The first-order valence-electron chi connectivity index (χ1n) is 6.16. The summed E-state index contributed by atoms with van der Waals surface area (Å²) in [4.78, 5) is 11.7. The average molecular weight is 272 g/mol. The zero-order valence-corrected chi connectivity index (χ0v) is 11.4. The van der Waals surface area contributed by atoms with Crippen LogP contribution in [0.3, 0.4) is 0 Å². The Morgan fingerprint density at radius 2 is 2.25 bits per heavy atom. The van der Waals surface area contributed by atoms with E-state index < -0.39 is 0 Å². The zero-order valence-electron chi connectivity index (χ0n) is 11.4. The molecule has 1 aromatic heterocycles. The maximum absolute atomic E-state index is 11.7. The van der Waals surface area contributed by atoms with Crippen molar-refractivity contribution in [3.63, 3.8) is 0 Å². The summed E-state index contributed by atoms with van der Waals surface area (Å²) in [5.41, 5.74) is 4.93. The Hall–Kier alpha value is -2.63. The van der Waals surface area contributed by atoms with Crippen LogP contribution >= 0.6 is 0 Å². The van der Waals surface area contributed by atoms with Crippen molar-refractivity contribution in [1.29, 1.82) is 0 Å². The van der Waals surface area contributed by atoms with Crippen LogP contribution in [0.15, 0.2) is 35.4 Å². The van der Waals surface area contributed by atoms with Gasteiger partial charge in [-0.15, -0.1) is 0 Å². The summed E-state index contributed by atoms with van der Waals surface area (Å²) < 4.78 is 1.62. The number of aryl methyl sites for hydroxylation is 2. The van der Waals surface area contributed by atoms with Crippen molar-refractivity contribution in [2.24, 2.45) is 5.10 Å². The van der Waals surface area contributed by atoms with Gasteiger partial charge in [0.1, 0.15) is 12.3 Å². The molecule has 2 rings (SSSR count). The summed E-state index contributed by atoms with van der Waals surface area (Å²) in [5, 5.41) is 17.3. The lowest BCUT2D eigenvalue weighted by Gasteiger charge is -2.02. The monoisotopic (exact) mass is 272 g/mol. The molecule has 0 atom stereocenters. The van der Waals surface area contributed by atoms with Crippen molar-refractivity contribution in [3.05, 3.63) is 47.3 Å². The molecule has 0 aliphatic carbocycles. The molecule has 0 fully saturated rings. The van der Waals surface area contributed by atoms with E-state index in [9.17, 15) is 9.90 Å². The van der Waals surface area contributed by atoms with Crippen molar-refractivity contribution in [1.82, 2.24) is 15.2 Å². The molecule has 6 heteroatoms. The molecule has 0 aliphatic rings. The molecule has 0 bridgehead atoms. The van der Waals surface area contributed by atoms with Crippen molar-refractivity contribution < 1.29 is 9.90 Å². The second-order valence-corrected chi connectivity index (χ2v) is 4.47. The molecule has 0 unspecified atom stereocenters. The number of aromatic hydroxyl groups is 1. The highest BCUT2D eigenvalue weighted by atomic mass is 16.3. The molecule has 0 saturated heterocycles. The van der Waals surface area contributed by atoms with E-state index in [4.69, 9.17) is 0 Å². The number of phenolic OH excluding ortho intramolecular Hbond substituents is 1. The summed E-state index contributed by atoms with van der Waals surface area (Å²) in [5.74, 6) is -0.101. The lowest BCUT2D eigenvalue weighted by Crippen LogP contribution is -2.24. The summed E-state index contributed by atoms with van der Waals surface area (Å²) in [6.45, 7) is 3.89. The van der Waals surface area contributed by atoms with Crippen LogP contribution in [0.4, 0.5) is 0 Å². The van der Waals surface area contributed by atoms with Gasteiger partial charge in [0.15, 0.2) is 0 Å². The quantitative estimate of drug-likeness (QED) is 0.651. The van der Waals surface area contributed by atoms with E-state index >= 15 is 0 Å². The molecule has 20 heavy (non-hydrogen) atoms. The highest BCUT2D eigenvalue weighted by Gasteiger charge is 2.05. The van der Waals surface area contributed by atoms with Crippen LogP contribution in [0, 0.1) is 13.8 Å². The number of carbonyl (C=O) groups is 1. The Labute approximate surface area is 116 Å². The van der Waals surface area contributed by atoms with Gasteiger partial charge >= 0.3 is 0 Å². The number of phenols is 1. The van der Waals surface area contributed by atoms with Gasteiger partial charge in [-0.05, 0) is 37.6 Å². The topological polar surface area (TPSA) is 79.5 Å². The Morgan fingerprint density at radius 3 is 2.90 bits per heavy atom. The standard InChI is InChI=1S/C14H16N4O2/c1-10-6-11(2)18(17-10)9-14(20)16-15-8-12-4-3-5-13(19)7-12/h3-8,19H,9H2,1-2H3,(H,16,20)/b15-8-. The molecule has 0 saturated carbocycles. The summed E-state index contributed by atoms with van der Waals surface area (Å²) in [7, 11) is 0. The number of aromatic nitrogens is 2. The van der Waals surface area contributed by atoms with Crippen molar-refractivity contribution in [2.45, 2.75) is 20.4 Å². The third-order valence-electron chi connectivity index (χ3n) is 2.67. The highest BCUT2D eigenvalue weighted by Crippen LogP contribution is 2.08. The predicted molar refractivity (Wildman–Crippen MR) is 75.5 cm³/mol. The minimum atomic E-state index is -0.257. The number of rotatable bonds is 4. The fraction of sp³-hybridized carbons (Fsp3) is 0.214. The molecule has 2 N–H and O–H groups in total. The van der Waals surface area contributed by atoms with Gasteiger partial charge in [0.05, 0.1) is 11.9 Å². The fourth-order valence-corrected chi connectivity index (χ4v) is 1.79. The maximum Gasteiger partial charge on any atom is 0.261 e. The number of hydrazone groups is 1. The van der Waals surface area contributed by atoms with E-state index in [0.717, 1.165) is 11.4 Å². The molecule has 0 spiro atoms. The van der Waals surface area contributed by atoms with Crippen LogP contribution in [-0.4, -0.2) is 27.0 Å². The minimum absolute atomic E-state index is 0.122. The van der Waals surface area contributed by atoms with Crippen molar-refractivity contribution >= 4 is 12.1 Å². The highest BCUT2D eigenvalue weighted by molar-refractivity contribution is 5.82. The third kappa shape index (κ3) is 3.68. The molecule has 2 aromatic rings. The zero-order chi connectivity index (χ0) is 14.5. The van der Waals surface area contributed by atoms with Gasteiger partial charge in [-0.2, -0.15) is 10.2 Å². The van der Waals surface area contributed by atoms with E-state index in [1.807, 2.05) is 19.9 Å². The van der Waals surface area contributed by atoms with Gasteiger partial charge in [0.2, 0.25) is 0 Å². The van der Waals surface area contributed by atoms with Crippen molar-refractivity contribution in [3.8, 4) is 5.75 Å². The normalized spacial score (nSPS) is 10.9. The molecule has 0 radical (unpaired) electrons. The van der Waals surface area contributed by atoms with E-state index in [1.165, 1.54) is 6.21 Å². The van der Waals surface area contributed by atoms with E-state index in [2.05, 4.69) is 15.6 Å². The molecule has 1 aromatic carbocycles. The van der Waals surface area contributed by atoms with E-state index in [-0.39, 0.29) is 18.2 Å². The Morgan fingerprint density at radius 1 is 1.45 bits per heavy atom. The summed E-state index contributed by atoms with van der Waals surface area (Å²) in [6, 6.07) is 8.50. The Balaban J connectivity index is 1.91. The minimum Gasteiger partial charge on any atom is -0.508 e. The van der Waals surface area contributed by atoms with Crippen LogP contribution in [0.1, 0.15) is 17.0 Å². The van der Waals surface area contributed by atoms with Crippen LogP contribution in [0.5, 0.6) is 5.75 Å². The number of hydrogen-bond acceptors (Lipinski definition) is 4. The molecule has 104 valence electrons. The first kappa shape index (κ1) is 13.8. The number of amides is 1. The number of hydrogen-bond donors (Lipinski definition) is 2. The van der Waals surface area contributed by atoms with E-state index in [1.54, 1.807) is 28.9 Å². The molecule has 6 nitrogen and oxygen atoms in total. The van der Waals surface area contributed by atoms with Crippen LogP contribution < -0.4 is 5.43 Å². The van der Waals surface area contributed by atoms with Gasteiger partial charge < -0.3 is 5.11 Å². The SMILES string of the molecule is Cc1cc(C)n(CC(=O)N/N=C\c2cccc(O)c2)n1. The second kappa shape index (κ2) is 6.01. The average Bonchev–Trinajstić information content (AvgIpc) is 2.68. The molecular formula is C14H16N4O2. The lowest BCUT2D eigenvalue weighted by atomic mass is 10.2. The summed E-state index contributed by atoms with van der Waals surface area (Å²) in [6.07, 6.45) is 1.47. The van der Waals surface area contributed by atoms with Crippen LogP contribution in [0.2, 0.25) is 0 Å². The second-order valence-electron chi connectivity index (χ2n) is 4.47. The van der Waals surface area contributed by atoms with Gasteiger partial charge in [0, 0.05) is 5.69 Å². The first-order valence-corrected chi connectivity index (χ1v) is 6.16. The van der Waals surface area contributed by atoms with E-state index in [0.29, 0.717) is 5.56 Å². The fourth-order valence-electron chi connectivity index (χ4n) is 1.79. The van der Waals surface area contributed by atoms with Gasteiger partial charge in [-0.1, -0.05) is 12.1 Å². The molecular weight excluding hydrogens is 256 g/mol. The molecule has 0 aliphatic heterocycles. The smallest absolute Gasteiger partial charge is 0.261 e. The number of nitrogens with one attached hydrogen (secondary N) is 1. The Kier molecular flexibility index (Phi) is 4.14. The van der Waals surface area contributed by atoms with Gasteiger partial charge in [0.25, 0.3) is 5.91 Å². The van der Waals surface area contributed by atoms with Crippen LogP contribution in [0.25, 0.3) is 0 Å². The van der Waals surface area contributed by atoms with Crippen LogP contribution in [-0.2, 0) is 11.3 Å². The third-order valence-corrected chi connectivity index (χ3v) is 2.67. The largest absolute Gasteiger partial charge is 0.508 e. The molecule has 1 heterocycles. The number of benzene rings is 1. The van der Waals surface area contributed by atoms with Gasteiger partial charge in [-0.25, -0.2) is 5.43 Å². The number of carbonyl (C=O) groups excluding carboxylic acids is 1. The van der Waals surface area contributed by atoms with Gasteiger partial charge in [-0.3, -0.25) is 9.48 Å². The maximum atomic E-state index is 11.7. The number of nitrogens with zero attached hydrogens (tertiary/aromatic N) is 3.